The number of hydrogen-bond donors (Lipinski definition) is 1. The highest BCUT2D eigenvalue weighted by Gasteiger charge is 2.70. The van der Waals surface area contributed by atoms with Gasteiger partial charge in [0, 0.05) is 23.4 Å². The van der Waals surface area contributed by atoms with Crippen LogP contribution in [0.25, 0.3) is 0 Å². The maximum atomic E-state index is 14.1. The fourth-order valence-corrected chi connectivity index (χ4v) is 14.2. The Kier molecular flexibility index (Phi) is 13.4. The number of rotatable bonds is 10. The number of carbonyl (C=O) groups is 4. The second-order valence-electron chi connectivity index (χ2n) is 24.7. The summed E-state index contributed by atoms with van der Waals surface area (Å²) in [4.78, 5) is 56.3. The molecule has 1 unspecified atom stereocenters. The average molecular weight is 895 g/mol. The minimum Gasteiger partial charge on any atom is -0.462 e. The molecule has 0 bridgehead atoms. The van der Waals surface area contributed by atoms with Gasteiger partial charge < -0.3 is 24.2 Å². The van der Waals surface area contributed by atoms with Gasteiger partial charge in [0.15, 0.2) is 5.78 Å². The van der Waals surface area contributed by atoms with E-state index in [0.29, 0.717) is 23.3 Å². The minimum absolute atomic E-state index is 0.0268. The number of aliphatic hydroxyl groups is 1. The van der Waals surface area contributed by atoms with Crippen LogP contribution in [0, 0.1) is 62.6 Å². The molecular formula is C53H80ClNO8. The lowest BCUT2D eigenvalue weighted by Crippen LogP contribution is -2.66. The Bertz CT molecular complexity index is 1950. The molecule has 0 saturated heterocycles. The van der Waals surface area contributed by atoms with Crippen LogP contribution in [0.1, 0.15) is 167 Å². The summed E-state index contributed by atoms with van der Waals surface area (Å²) < 4.78 is 18.0. The molecule has 63 heavy (non-hydrogen) atoms. The molecule has 0 radical (unpaired) electrons. The molecule has 0 aliphatic heterocycles. The molecule has 352 valence electrons. The van der Waals surface area contributed by atoms with Gasteiger partial charge in [-0.05, 0) is 175 Å². The van der Waals surface area contributed by atoms with E-state index >= 15 is 0 Å². The lowest BCUT2D eigenvalue weighted by atomic mass is 9.33. The highest BCUT2D eigenvalue weighted by Crippen LogP contribution is 2.76. The number of ether oxygens (including phenoxy) is 3. The number of amides is 1. The lowest BCUT2D eigenvalue weighted by Gasteiger charge is -2.72. The molecule has 6 rings (SSSR count). The Hall–Kier alpha value is -2.91. The smallest absolute Gasteiger partial charge is 0.410 e. The minimum atomic E-state index is -1.01. The molecule has 1 amide bonds. The molecular weight excluding hydrogens is 814 g/mol. The number of halogens is 1. The van der Waals surface area contributed by atoms with Gasteiger partial charge in [-0.1, -0.05) is 77.8 Å². The van der Waals surface area contributed by atoms with Gasteiger partial charge in [-0.2, -0.15) is 0 Å². The van der Waals surface area contributed by atoms with E-state index in [4.69, 9.17) is 25.8 Å². The van der Waals surface area contributed by atoms with Crippen molar-refractivity contribution in [1.29, 1.82) is 0 Å². The van der Waals surface area contributed by atoms with Crippen molar-refractivity contribution in [3.05, 3.63) is 46.0 Å². The van der Waals surface area contributed by atoms with E-state index in [9.17, 15) is 24.3 Å². The molecule has 4 fully saturated rings. The molecule has 9 nitrogen and oxygen atoms in total. The molecule has 4 saturated carbocycles. The summed E-state index contributed by atoms with van der Waals surface area (Å²) in [6.07, 6.45) is 5.20. The van der Waals surface area contributed by atoms with Crippen molar-refractivity contribution in [2.75, 3.05) is 6.54 Å². The van der Waals surface area contributed by atoms with Crippen LogP contribution in [0.15, 0.2) is 35.4 Å². The van der Waals surface area contributed by atoms with Gasteiger partial charge in [-0.25, -0.2) is 4.79 Å². The zero-order chi connectivity index (χ0) is 47.0. The highest BCUT2D eigenvalue weighted by molar-refractivity contribution is 6.30. The third-order valence-corrected chi connectivity index (χ3v) is 17.3. The van der Waals surface area contributed by atoms with Gasteiger partial charge in [0.05, 0.1) is 24.5 Å². The maximum Gasteiger partial charge on any atom is 0.410 e. The number of ketones is 1. The number of hydrogen-bond acceptors (Lipinski definition) is 8. The Morgan fingerprint density at radius 2 is 1.46 bits per heavy atom. The van der Waals surface area contributed by atoms with Gasteiger partial charge in [0.1, 0.15) is 17.3 Å². The summed E-state index contributed by atoms with van der Waals surface area (Å²) in [5.41, 5.74) is 0.110. The van der Waals surface area contributed by atoms with Gasteiger partial charge in [0.2, 0.25) is 0 Å². The van der Waals surface area contributed by atoms with Crippen LogP contribution in [0.3, 0.4) is 0 Å². The van der Waals surface area contributed by atoms with Crippen LogP contribution in [0.4, 0.5) is 4.79 Å². The van der Waals surface area contributed by atoms with Crippen LogP contribution < -0.4 is 0 Å². The second kappa shape index (κ2) is 17.1. The largest absolute Gasteiger partial charge is 0.462 e. The van der Waals surface area contributed by atoms with Crippen LogP contribution in [-0.2, 0) is 35.1 Å². The number of allylic oxidation sites excluding steroid dienone is 2. The van der Waals surface area contributed by atoms with Crippen molar-refractivity contribution in [3.8, 4) is 0 Å². The number of fused-ring (bicyclic) bond motifs is 7. The normalized spacial score (nSPS) is 33.4. The van der Waals surface area contributed by atoms with Crippen molar-refractivity contribution >= 4 is 35.4 Å². The number of aliphatic hydroxyl groups excluding tert-OH is 1. The summed E-state index contributed by atoms with van der Waals surface area (Å²) in [7, 11) is 0. The molecule has 1 aromatic rings. The first kappa shape index (κ1) is 49.5. The van der Waals surface area contributed by atoms with E-state index in [1.807, 2.05) is 65.8 Å². The van der Waals surface area contributed by atoms with Crippen molar-refractivity contribution in [3.63, 3.8) is 0 Å². The number of carbonyl (C=O) groups excluding carboxylic acids is 4. The predicted octanol–water partition coefficient (Wildman–Crippen LogP) is 11.9. The lowest BCUT2D eigenvalue weighted by molar-refractivity contribution is -0.237. The number of benzene rings is 1. The quantitative estimate of drug-likeness (QED) is 0.182. The molecule has 0 aromatic heterocycles. The van der Waals surface area contributed by atoms with E-state index in [2.05, 4.69) is 48.5 Å². The number of Topliss-reactive ketones (excluding diaryl/α,β-unsaturated/α-hetero) is 1. The van der Waals surface area contributed by atoms with Crippen molar-refractivity contribution in [2.45, 2.75) is 192 Å². The Morgan fingerprint density at radius 1 is 0.841 bits per heavy atom. The first-order valence-electron chi connectivity index (χ1n) is 23.9. The molecule has 10 atom stereocenters. The highest BCUT2D eigenvalue weighted by atomic mass is 35.5. The summed E-state index contributed by atoms with van der Waals surface area (Å²) in [5.74, 6) is 0.136. The Balaban J connectivity index is 1.29. The number of esters is 2. The van der Waals surface area contributed by atoms with Crippen LogP contribution in [0.5, 0.6) is 0 Å². The monoisotopic (exact) mass is 894 g/mol. The molecule has 0 spiro atoms. The zero-order valence-electron chi connectivity index (χ0n) is 41.3. The molecule has 1 aromatic carbocycles. The SMILES string of the molecule is CC(C)C1=C2C(CC1=O)[C@@H]([C@@H](O)CN(Cc1ccc(Cl)cc1)C(=O)OC(C)(C)C)C[C@]1(C)[C@@H]2CC[C@@H]2[C@@]3(C)CC[C@H](OC(=O)CC(C)(C)C(=O)OC(C)(C)C)C(C)(C)[C@@H]3CC[C@]21C. The average Bonchev–Trinajstić information content (AvgIpc) is 3.48. The third kappa shape index (κ3) is 9.41. The van der Waals surface area contributed by atoms with Crippen LogP contribution in [0.2, 0.25) is 5.02 Å². The van der Waals surface area contributed by atoms with Crippen molar-refractivity contribution < 1.29 is 38.5 Å². The molecule has 5 aliphatic rings. The Labute approximate surface area is 384 Å². The first-order valence-corrected chi connectivity index (χ1v) is 24.3. The Morgan fingerprint density at radius 3 is 2.05 bits per heavy atom. The molecule has 1 N–H and O–H groups in total. The summed E-state index contributed by atoms with van der Waals surface area (Å²) >= 11 is 6.23. The van der Waals surface area contributed by atoms with Crippen LogP contribution >= 0.6 is 11.6 Å². The standard InChI is InChI=1S/C53H80ClNO8/c1-31(2)43-37(56)26-34-35(38(57)30-55(46(60)63-48(6,7)8)29-32-16-18-33(54)19-17-32)27-53(15)36(44(34)43)20-21-40-51(13)24-23-41(50(11,12)39(51)22-25-52(40,53)14)61-42(58)28-49(9,10)45(59)62-47(3,4)5/h16-19,31,34-36,38-41,57H,20-30H2,1-15H3/t34?,35-,36+,38-,39-,40+,41-,51-,52+,53+/m0/s1. The second-order valence-corrected chi connectivity index (χ2v) is 25.1. The molecule has 10 heteroatoms. The summed E-state index contributed by atoms with van der Waals surface area (Å²) in [6, 6.07) is 7.41. The van der Waals surface area contributed by atoms with Crippen LogP contribution in [-0.4, -0.2) is 63.8 Å². The topological polar surface area (TPSA) is 119 Å². The fraction of sp³-hybridized carbons (Fsp3) is 0.774. The van der Waals surface area contributed by atoms with E-state index in [1.165, 1.54) is 5.57 Å². The molecule has 0 heterocycles. The van der Waals surface area contributed by atoms with Gasteiger partial charge in [-0.15, -0.1) is 0 Å². The first-order chi connectivity index (χ1) is 28.8. The van der Waals surface area contributed by atoms with E-state index < -0.39 is 34.8 Å². The van der Waals surface area contributed by atoms with E-state index in [1.54, 1.807) is 18.7 Å². The predicted molar refractivity (Wildman–Crippen MR) is 248 cm³/mol. The third-order valence-electron chi connectivity index (χ3n) is 17.0. The van der Waals surface area contributed by atoms with Crippen molar-refractivity contribution in [1.82, 2.24) is 4.90 Å². The molecule has 5 aliphatic carbocycles. The number of nitrogens with zero attached hydrogens (tertiary/aromatic N) is 1. The van der Waals surface area contributed by atoms with Gasteiger partial charge in [-0.3, -0.25) is 14.4 Å². The van der Waals surface area contributed by atoms with E-state index in [-0.39, 0.29) is 82.7 Å². The summed E-state index contributed by atoms with van der Waals surface area (Å²) in [6.45, 7) is 31.2. The maximum absolute atomic E-state index is 14.1. The van der Waals surface area contributed by atoms with Gasteiger partial charge in [0.25, 0.3) is 0 Å². The van der Waals surface area contributed by atoms with Gasteiger partial charge >= 0.3 is 18.0 Å². The fourth-order valence-electron chi connectivity index (χ4n) is 14.0. The van der Waals surface area contributed by atoms with E-state index in [0.717, 1.165) is 56.1 Å². The summed E-state index contributed by atoms with van der Waals surface area (Å²) in [5, 5.41) is 13.3. The zero-order valence-corrected chi connectivity index (χ0v) is 42.1. The van der Waals surface area contributed by atoms with Crippen molar-refractivity contribution in [2.24, 2.45) is 62.6 Å².